The van der Waals surface area contributed by atoms with Gasteiger partial charge in [-0.3, -0.25) is 9.59 Å². The molecular weight excluding hydrogens is 254 g/mol. The third-order valence-corrected chi connectivity index (χ3v) is 3.15. The van der Waals surface area contributed by atoms with Crippen LogP contribution >= 0.6 is 0 Å². The molecule has 0 radical (unpaired) electrons. The lowest BCUT2D eigenvalue weighted by molar-refractivity contribution is -0.128. The number of amides is 2. The fourth-order valence-corrected chi connectivity index (χ4v) is 2.23. The van der Waals surface area contributed by atoms with Gasteiger partial charge in [0, 0.05) is 13.1 Å². The third-order valence-electron chi connectivity index (χ3n) is 3.15. The number of carbonyl (C=O) groups is 2. The Kier molecular flexibility index (Phi) is 4.00. The average molecular weight is 271 g/mol. The molecule has 20 heavy (non-hydrogen) atoms. The minimum Gasteiger partial charge on any atom is -0.312 e. The quantitative estimate of drug-likeness (QED) is 0.658. The minimum absolute atomic E-state index is 0.304. The minimum atomic E-state index is -1.21. The predicted octanol–water partition coefficient (Wildman–Crippen LogP) is 1.07. The van der Waals surface area contributed by atoms with Gasteiger partial charge in [-0.25, -0.2) is 0 Å². The zero-order valence-corrected chi connectivity index (χ0v) is 11.2. The molecule has 0 aliphatic carbocycles. The average Bonchev–Trinajstić information content (AvgIpc) is 2.54. The molecule has 0 unspecified atom stereocenters. The molecule has 104 valence electrons. The van der Waals surface area contributed by atoms with Gasteiger partial charge in [0.1, 0.15) is 0 Å². The molecule has 0 atom stereocenters. The fraction of sp³-hybridized carbons (Fsp3) is 0.200. The Balaban J connectivity index is 2.61. The van der Waals surface area contributed by atoms with Gasteiger partial charge in [0.25, 0.3) is 11.8 Å². The summed E-state index contributed by atoms with van der Waals surface area (Å²) in [6, 6.07) is 6.00. The van der Waals surface area contributed by atoms with Crippen molar-refractivity contribution in [2.45, 2.75) is 6.04 Å². The molecule has 1 aliphatic rings. The van der Waals surface area contributed by atoms with Gasteiger partial charge in [-0.15, -0.1) is 13.2 Å². The Morgan fingerprint density at radius 2 is 1.40 bits per heavy atom. The molecule has 0 bridgehead atoms. The maximum atomic E-state index is 12.3. The number of nitrogens with zero attached hydrogens (tertiary/aromatic N) is 2. The molecule has 0 saturated carbocycles. The van der Waals surface area contributed by atoms with Crippen LogP contribution in [-0.2, 0) is 9.59 Å². The fourth-order valence-electron chi connectivity index (χ4n) is 2.23. The lowest BCUT2D eigenvalue weighted by atomic mass is 10.2. The monoisotopic (exact) mass is 271 g/mol. The number of anilines is 2. The molecule has 0 aromatic heterocycles. The van der Waals surface area contributed by atoms with Crippen molar-refractivity contribution in [3.05, 3.63) is 49.6 Å². The summed E-state index contributed by atoms with van der Waals surface area (Å²) in [5.74, 6) is -0.845. The molecule has 2 N–H and O–H groups in total. The van der Waals surface area contributed by atoms with Gasteiger partial charge in [-0.05, 0) is 12.1 Å². The first-order valence-corrected chi connectivity index (χ1v) is 6.31. The molecule has 1 aromatic rings. The number of rotatable bonds is 4. The molecule has 1 heterocycles. The van der Waals surface area contributed by atoms with E-state index in [0.29, 0.717) is 24.5 Å². The summed E-state index contributed by atoms with van der Waals surface area (Å²) in [4.78, 5) is 27.6. The number of carbonyl (C=O) groups excluding carboxylic acids is 2. The van der Waals surface area contributed by atoms with E-state index in [9.17, 15) is 9.59 Å². The van der Waals surface area contributed by atoms with Crippen LogP contribution in [0.1, 0.15) is 0 Å². The van der Waals surface area contributed by atoms with Crippen molar-refractivity contribution in [3.8, 4) is 0 Å². The van der Waals surface area contributed by atoms with Crippen molar-refractivity contribution < 1.29 is 9.59 Å². The van der Waals surface area contributed by atoms with Crippen LogP contribution in [0.5, 0.6) is 0 Å². The van der Waals surface area contributed by atoms with Crippen molar-refractivity contribution in [2.75, 3.05) is 22.9 Å². The summed E-state index contributed by atoms with van der Waals surface area (Å²) >= 11 is 0. The van der Waals surface area contributed by atoms with Crippen molar-refractivity contribution in [1.29, 1.82) is 0 Å². The van der Waals surface area contributed by atoms with E-state index in [4.69, 9.17) is 5.73 Å². The van der Waals surface area contributed by atoms with Crippen molar-refractivity contribution in [1.82, 2.24) is 0 Å². The van der Waals surface area contributed by atoms with Crippen molar-refractivity contribution in [2.24, 2.45) is 5.73 Å². The largest absolute Gasteiger partial charge is 0.312 e. The summed E-state index contributed by atoms with van der Waals surface area (Å²) in [6.07, 6.45) is 3.21. The van der Waals surface area contributed by atoms with E-state index in [-0.39, 0.29) is 0 Å². The maximum Gasteiger partial charge on any atom is 0.254 e. The van der Waals surface area contributed by atoms with E-state index in [2.05, 4.69) is 13.2 Å². The van der Waals surface area contributed by atoms with Crippen LogP contribution in [0.25, 0.3) is 0 Å². The maximum absolute atomic E-state index is 12.3. The third kappa shape index (κ3) is 2.23. The molecular formula is C15H17N3O2. The number of nitrogens with two attached hydrogens (primary N) is 1. The predicted molar refractivity (Wildman–Crippen MR) is 79.5 cm³/mol. The zero-order valence-electron chi connectivity index (χ0n) is 11.2. The van der Waals surface area contributed by atoms with Crippen LogP contribution < -0.4 is 15.5 Å². The van der Waals surface area contributed by atoms with Gasteiger partial charge in [0.2, 0.25) is 0 Å². The molecule has 0 spiro atoms. The van der Waals surface area contributed by atoms with E-state index in [1.54, 1.807) is 24.3 Å². The van der Waals surface area contributed by atoms with E-state index in [1.807, 2.05) is 12.1 Å². The molecule has 1 aromatic carbocycles. The molecule has 5 nitrogen and oxygen atoms in total. The van der Waals surface area contributed by atoms with Gasteiger partial charge < -0.3 is 15.5 Å². The second kappa shape index (κ2) is 5.71. The van der Waals surface area contributed by atoms with Crippen LogP contribution in [-0.4, -0.2) is 30.9 Å². The Bertz CT molecular complexity index is 519. The summed E-state index contributed by atoms with van der Waals surface area (Å²) in [6.45, 7) is 7.89. The Labute approximate surface area is 118 Å². The number of hydrogen-bond donors (Lipinski definition) is 1. The van der Waals surface area contributed by atoms with Crippen LogP contribution in [0.15, 0.2) is 49.6 Å². The van der Waals surface area contributed by atoms with Gasteiger partial charge in [0.15, 0.2) is 6.04 Å². The highest BCUT2D eigenvalue weighted by molar-refractivity contribution is 6.20. The van der Waals surface area contributed by atoms with Gasteiger partial charge in [-0.1, -0.05) is 24.3 Å². The highest BCUT2D eigenvalue weighted by atomic mass is 16.2. The second-order valence-corrected chi connectivity index (χ2v) is 4.44. The number of benzene rings is 1. The summed E-state index contributed by atoms with van der Waals surface area (Å²) in [5.41, 5.74) is 7.10. The normalized spacial score (nSPS) is 15.8. The summed E-state index contributed by atoms with van der Waals surface area (Å²) in [5, 5.41) is 0. The van der Waals surface area contributed by atoms with Crippen molar-refractivity contribution >= 4 is 23.2 Å². The van der Waals surface area contributed by atoms with E-state index in [0.717, 1.165) is 0 Å². The summed E-state index contributed by atoms with van der Waals surface area (Å²) in [7, 11) is 0. The first kappa shape index (κ1) is 14.0. The van der Waals surface area contributed by atoms with Crippen LogP contribution in [0.4, 0.5) is 11.4 Å². The Morgan fingerprint density at radius 1 is 1.00 bits per heavy atom. The van der Waals surface area contributed by atoms with Gasteiger partial charge in [0.05, 0.1) is 11.4 Å². The first-order chi connectivity index (χ1) is 9.61. The first-order valence-electron chi connectivity index (χ1n) is 6.31. The van der Waals surface area contributed by atoms with Crippen LogP contribution in [0, 0.1) is 0 Å². The molecule has 1 aliphatic heterocycles. The van der Waals surface area contributed by atoms with Crippen molar-refractivity contribution in [3.63, 3.8) is 0 Å². The van der Waals surface area contributed by atoms with Crippen LogP contribution in [0.3, 0.4) is 0 Å². The molecule has 0 fully saturated rings. The van der Waals surface area contributed by atoms with E-state index in [1.165, 1.54) is 9.80 Å². The number of para-hydroxylation sites is 2. The zero-order chi connectivity index (χ0) is 14.7. The molecule has 2 amide bonds. The standard InChI is InChI=1S/C15H17N3O2/c1-3-9-17-11-7-5-6-8-12(11)18(10-4-2)15(20)13(16)14(17)19/h3-8,13H,1-2,9-10,16H2. The molecule has 0 saturated heterocycles. The van der Waals surface area contributed by atoms with Gasteiger partial charge >= 0.3 is 0 Å². The van der Waals surface area contributed by atoms with Gasteiger partial charge in [-0.2, -0.15) is 0 Å². The highest BCUT2D eigenvalue weighted by Crippen LogP contribution is 2.32. The number of fused-ring (bicyclic) bond motifs is 1. The van der Waals surface area contributed by atoms with Crippen LogP contribution in [0.2, 0.25) is 0 Å². The lowest BCUT2D eigenvalue weighted by Gasteiger charge is -2.23. The smallest absolute Gasteiger partial charge is 0.254 e. The van der Waals surface area contributed by atoms with E-state index >= 15 is 0 Å². The highest BCUT2D eigenvalue weighted by Gasteiger charge is 2.36. The topological polar surface area (TPSA) is 66.6 Å². The SMILES string of the molecule is C=CCN1C(=O)C(N)C(=O)N(CC=C)c2ccccc21. The Hall–Kier alpha value is -2.40. The Morgan fingerprint density at radius 3 is 1.75 bits per heavy atom. The number of hydrogen-bond acceptors (Lipinski definition) is 3. The van der Waals surface area contributed by atoms with E-state index < -0.39 is 17.9 Å². The summed E-state index contributed by atoms with van der Waals surface area (Å²) < 4.78 is 0. The second-order valence-electron chi connectivity index (χ2n) is 4.44. The lowest BCUT2D eigenvalue weighted by Crippen LogP contribution is -2.51. The molecule has 5 heteroatoms. The molecule has 2 rings (SSSR count).